The Morgan fingerprint density at radius 3 is 2.95 bits per heavy atom. The number of carbonyl (C=O) groups excluding carboxylic acids is 1. The van der Waals surface area contributed by atoms with Gasteiger partial charge in [-0.3, -0.25) is 4.79 Å². The number of fused-ring (bicyclic) bond motifs is 1. The Hall–Kier alpha value is -2.37. The second-order valence-electron chi connectivity index (χ2n) is 4.77. The van der Waals surface area contributed by atoms with E-state index in [1.54, 1.807) is 20.4 Å². The molecule has 3 rings (SSSR count). The molecule has 0 radical (unpaired) electrons. The minimum Gasteiger partial charge on any atom is -0.496 e. The maximum absolute atomic E-state index is 11.9. The summed E-state index contributed by atoms with van der Waals surface area (Å²) in [5.41, 5.74) is 1.52. The van der Waals surface area contributed by atoms with Crippen molar-refractivity contribution in [3.8, 4) is 5.75 Å². The number of anilines is 1. The number of benzene rings is 1. The van der Waals surface area contributed by atoms with Crippen LogP contribution in [-0.2, 0) is 13.1 Å². The lowest BCUT2D eigenvalue weighted by molar-refractivity contribution is 0.101. The standard InChI is InChI=1S/C14H16N4O2/c1-10(19)14-11(4-3-5-12(14)20-2)17-6-7-18-9-15-16-13(18)8-17/h3-5,9H,6-8H2,1-2H3. The molecule has 1 aromatic heterocycles. The summed E-state index contributed by atoms with van der Waals surface area (Å²) in [6.45, 7) is 3.84. The molecule has 0 spiro atoms. The van der Waals surface area contributed by atoms with E-state index in [1.165, 1.54) is 0 Å². The molecule has 104 valence electrons. The Labute approximate surface area is 117 Å². The molecule has 0 saturated heterocycles. The van der Waals surface area contributed by atoms with Crippen LogP contribution in [-0.4, -0.2) is 34.2 Å². The van der Waals surface area contributed by atoms with Gasteiger partial charge in [-0.25, -0.2) is 0 Å². The van der Waals surface area contributed by atoms with Crippen molar-refractivity contribution in [3.05, 3.63) is 35.9 Å². The zero-order valence-corrected chi connectivity index (χ0v) is 11.5. The minimum atomic E-state index is 0.00416. The number of carbonyl (C=O) groups is 1. The molecule has 6 heteroatoms. The molecule has 1 aliphatic rings. The molecule has 2 heterocycles. The summed E-state index contributed by atoms with van der Waals surface area (Å²) in [6, 6.07) is 5.66. The van der Waals surface area contributed by atoms with E-state index >= 15 is 0 Å². The van der Waals surface area contributed by atoms with Crippen LogP contribution in [0.3, 0.4) is 0 Å². The van der Waals surface area contributed by atoms with Gasteiger partial charge >= 0.3 is 0 Å². The molecule has 0 unspecified atom stereocenters. The smallest absolute Gasteiger partial charge is 0.165 e. The fourth-order valence-corrected chi connectivity index (χ4v) is 2.58. The molecule has 0 aliphatic carbocycles. The molecule has 6 nitrogen and oxygen atoms in total. The number of nitrogens with zero attached hydrogens (tertiary/aromatic N) is 4. The van der Waals surface area contributed by atoms with Gasteiger partial charge in [0.25, 0.3) is 0 Å². The normalized spacial score (nSPS) is 14.0. The first kappa shape index (κ1) is 12.7. The number of rotatable bonds is 3. The van der Waals surface area contributed by atoms with E-state index in [0.29, 0.717) is 17.9 Å². The van der Waals surface area contributed by atoms with E-state index in [0.717, 1.165) is 24.6 Å². The Morgan fingerprint density at radius 1 is 1.35 bits per heavy atom. The first-order chi connectivity index (χ1) is 9.70. The summed E-state index contributed by atoms with van der Waals surface area (Å²) < 4.78 is 7.34. The van der Waals surface area contributed by atoms with E-state index < -0.39 is 0 Å². The van der Waals surface area contributed by atoms with Gasteiger partial charge in [-0.05, 0) is 19.1 Å². The Morgan fingerprint density at radius 2 is 2.20 bits per heavy atom. The molecule has 0 fully saturated rings. The average Bonchev–Trinajstić information content (AvgIpc) is 2.93. The molecule has 1 aliphatic heterocycles. The van der Waals surface area contributed by atoms with Crippen molar-refractivity contribution >= 4 is 11.5 Å². The maximum Gasteiger partial charge on any atom is 0.165 e. The first-order valence-electron chi connectivity index (χ1n) is 6.50. The molecule has 0 bridgehead atoms. The second kappa shape index (κ2) is 4.96. The highest BCUT2D eigenvalue weighted by Crippen LogP contribution is 2.31. The molecular weight excluding hydrogens is 256 g/mol. The molecule has 0 atom stereocenters. The van der Waals surface area contributed by atoms with E-state index in [-0.39, 0.29) is 5.78 Å². The third-order valence-corrected chi connectivity index (χ3v) is 3.56. The SMILES string of the molecule is COc1cccc(N2CCn3cnnc3C2)c1C(C)=O. The van der Waals surface area contributed by atoms with Gasteiger partial charge in [0.2, 0.25) is 0 Å². The lowest BCUT2D eigenvalue weighted by Gasteiger charge is -2.30. The van der Waals surface area contributed by atoms with Crippen LogP contribution >= 0.6 is 0 Å². The number of aromatic nitrogens is 3. The monoisotopic (exact) mass is 272 g/mol. The van der Waals surface area contributed by atoms with Crippen LogP contribution in [0.5, 0.6) is 5.75 Å². The molecule has 2 aromatic rings. The molecule has 0 saturated carbocycles. The highest BCUT2D eigenvalue weighted by molar-refractivity contribution is 6.02. The van der Waals surface area contributed by atoms with Crippen LogP contribution in [0.2, 0.25) is 0 Å². The fourth-order valence-electron chi connectivity index (χ4n) is 2.58. The summed E-state index contributed by atoms with van der Waals surface area (Å²) in [7, 11) is 1.58. The van der Waals surface area contributed by atoms with Gasteiger partial charge in [-0.1, -0.05) is 6.07 Å². The summed E-state index contributed by atoms with van der Waals surface area (Å²) in [5, 5.41) is 8.02. The van der Waals surface area contributed by atoms with Gasteiger partial charge in [0.15, 0.2) is 11.6 Å². The first-order valence-corrected chi connectivity index (χ1v) is 6.50. The lowest BCUT2D eigenvalue weighted by Crippen LogP contribution is -2.34. The van der Waals surface area contributed by atoms with Gasteiger partial charge in [0, 0.05) is 13.1 Å². The largest absolute Gasteiger partial charge is 0.496 e. The van der Waals surface area contributed by atoms with Gasteiger partial charge in [-0.2, -0.15) is 0 Å². The van der Waals surface area contributed by atoms with Crippen molar-refractivity contribution < 1.29 is 9.53 Å². The number of hydrogen-bond acceptors (Lipinski definition) is 5. The third kappa shape index (κ3) is 2.03. The van der Waals surface area contributed by atoms with Crippen molar-refractivity contribution in [1.82, 2.24) is 14.8 Å². The number of hydrogen-bond donors (Lipinski definition) is 0. The Balaban J connectivity index is 2.01. The number of ether oxygens (including phenoxy) is 1. The van der Waals surface area contributed by atoms with Crippen molar-refractivity contribution in [2.45, 2.75) is 20.0 Å². The predicted octanol–water partition coefficient (Wildman–Crippen LogP) is 1.51. The summed E-state index contributed by atoms with van der Waals surface area (Å²) in [4.78, 5) is 14.1. The predicted molar refractivity (Wildman–Crippen MR) is 74.1 cm³/mol. The van der Waals surface area contributed by atoms with E-state index in [2.05, 4.69) is 15.1 Å². The van der Waals surface area contributed by atoms with Crippen molar-refractivity contribution in [2.75, 3.05) is 18.6 Å². The fraction of sp³-hybridized carbons (Fsp3) is 0.357. The summed E-state index contributed by atoms with van der Waals surface area (Å²) >= 11 is 0. The second-order valence-corrected chi connectivity index (χ2v) is 4.77. The molecular formula is C14H16N4O2. The van der Waals surface area contributed by atoms with Crippen LogP contribution in [0.4, 0.5) is 5.69 Å². The van der Waals surface area contributed by atoms with Gasteiger partial charge in [0.1, 0.15) is 12.1 Å². The zero-order valence-electron chi connectivity index (χ0n) is 11.5. The van der Waals surface area contributed by atoms with E-state index in [9.17, 15) is 4.79 Å². The Bertz CT molecular complexity index is 650. The van der Waals surface area contributed by atoms with Crippen molar-refractivity contribution in [3.63, 3.8) is 0 Å². The number of Topliss-reactive ketones (excluding diaryl/α,β-unsaturated/α-hetero) is 1. The maximum atomic E-state index is 11.9. The molecule has 0 N–H and O–H groups in total. The zero-order chi connectivity index (χ0) is 14.1. The van der Waals surface area contributed by atoms with Crippen LogP contribution < -0.4 is 9.64 Å². The van der Waals surface area contributed by atoms with Gasteiger partial charge < -0.3 is 14.2 Å². The molecule has 20 heavy (non-hydrogen) atoms. The highest BCUT2D eigenvalue weighted by atomic mass is 16.5. The van der Waals surface area contributed by atoms with Crippen LogP contribution in [0.15, 0.2) is 24.5 Å². The van der Waals surface area contributed by atoms with Crippen molar-refractivity contribution in [2.24, 2.45) is 0 Å². The minimum absolute atomic E-state index is 0.00416. The van der Waals surface area contributed by atoms with Crippen LogP contribution in [0.1, 0.15) is 23.1 Å². The van der Waals surface area contributed by atoms with Gasteiger partial charge in [0.05, 0.1) is 24.9 Å². The molecule has 0 amide bonds. The number of ketones is 1. The topological polar surface area (TPSA) is 60.2 Å². The van der Waals surface area contributed by atoms with Gasteiger partial charge in [-0.15, -0.1) is 10.2 Å². The van der Waals surface area contributed by atoms with E-state index in [1.807, 2.05) is 22.8 Å². The highest BCUT2D eigenvalue weighted by Gasteiger charge is 2.23. The van der Waals surface area contributed by atoms with Crippen LogP contribution in [0, 0.1) is 0 Å². The third-order valence-electron chi connectivity index (χ3n) is 3.56. The quantitative estimate of drug-likeness (QED) is 0.793. The van der Waals surface area contributed by atoms with Crippen LogP contribution in [0.25, 0.3) is 0 Å². The Kier molecular flexibility index (Phi) is 3.14. The number of methoxy groups -OCH3 is 1. The van der Waals surface area contributed by atoms with Crippen molar-refractivity contribution in [1.29, 1.82) is 0 Å². The summed E-state index contributed by atoms with van der Waals surface area (Å²) in [6.07, 6.45) is 1.74. The lowest BCUT2D eigenvalue weighted by atomic mass is 10.1. The van der Waals surface area contributed by atoms with E-state index in [4.69, 9.17) is 4.74 Å². The summed E-state index contributed by atoms with van der Waals surface area (Å²) in [5.74, 6) is 1.53. The molecule has 1 aromatic carbocycles. The average molecular weight is 272 g/mol.